The Morgan fingerprint density at radius 3 is 2.73 bits per heavy atom. The maximum Gasteiger partial charge on any atom is 0.288 e. The Morgan fingerprint density at radius 1 is 1.53 bits per heavy atom. The molecular formula is C10H10ClNO3. The summed E-state index contributed by atoms with van der Waals surface area (Å²) in [5.41, 5.74) is 0.638. The summed E-state index contributed by atoms with van der Waals surface area (Å²) < 4.78 is 0. The van der Waals surface area contributed by atoms with Crippen molar-refractivity contribution in [2.24, 2.45) is 0 Å². The molecule has 0 N–H and O–H groups in total. The SMILES string of the molecule is CC(=O)CCc1ccc(Cl)c([N+](=O)[O-])c1. The Morgan fingerprint density at radius 2 is 2.20 bits per heavy atom. The third-order valence-corrected chi connectivity index (χ3v) is 2.29. The minimum atomic E-state index is -0.528. The van der Waals surface area contributed by atoms with Crippen LogP contribution in [0.4, 0.5) is 5.69 Å². The topological polar surface area (TPSA) is 60.2 Å². The van der Waals surface area contributed by atoms with Gasteiger partial charge in [-0.25, -0.2) is 0 Å². The number of hydrogen-bond donors (Lipinski definition) is 0. The fraction of sp³-hybridized carbons (Fsp3) is 0.300. The second-order valence-corrected chi connectivity index (χ2v) is 3.65. The van der Waals surface area contributed by atoms with Gasteiger partial charge in [0.25, 0.3) is 5.69 Å². The molecule has 0 aliphatic rings. The van der Waals surface area contributed by atoms with Crippen molar-refractivity contribution >= 4 is 23.1 Å². The van der Waals surface area contributed by atoms with Gasteiger partial charge in [-0.05, 0) is 25.0 Å². The van der Waals surface area contributed by atoms with Crippen LogP contribution in [0.3, 0.4) is 0 Å². The van der Waals surface area contributed by atoms with Crippen LogP contribution in [-0.2, 0) is 11.2 Å². The molecule has 0 aliphatic heterocycles. The number of carbonyl (C=O) groups excluding carboxylic acids is 1. The fourth-order valence-corrected chi connectivity index (χ4v) is 1.36. The van der Waals surface area contributed by atoms with E-state index in [2.05, 4.69) is 0 Å². The van der Waals surface area contributed by atoms with Crippen LogP contribution in [0, 0.1) is 10.1 Å². The Balaban J connectivity index is 2.87. The van der Waals surface area contributed by atoms with Crippen LogP contribution in [0.1, 0.15) is 18.9 Å². The molecule has 0 amide bonds. The van der Waals surface area contributed by atoms with E-state index in [1.807, 2.05) is 0 Å². The van der Waals surface area contributed by atoms with Gasteiger partial charge in [-0.2, -0.15) is 0 Å². The van der Waals surface area contributed by atoms with Crippen LogP contribution in [0.25, 0.3) is 0 Å². The van der Waals surface area contributed by atoms with E-state index in [9.17, 15) is 14.9 Å². The summed E-state index contributed by atoms with van der Waals surface area (Å²) in [5.74, 6) is 0.0626. The second kappa shape index (κ2) is 4.89. The van der Waals surface area contributed by atoms with Gasteiger partial charge in [0.15, 0.2) is 0 Å². The summed E-state index contributed by atoms with van der Waals surface area (Å²) in [6.07, 6.45) is 0.895. The van der Waals surface area contributed by atoms with E-state index in [-0.39, 0.29) is 16.5 Å². The lowest BCUT2D eigenvalue weighted by atomic mass is 10.1. The second-order valence-electron chi connectivity index (χ2n) is 3.24. The van der Waals surface area contributed by atoms with E-state index in [4.69, 9.17) is 11.6 Å². The zero-order valence-corrected chi connectivity index (χ0v) is 8.95. The largest absolute Gasteiger partial charge is 0.300 e. The first-order valence-electron chi connectivity index (χ1n) is 4.43. The molecule has 0 aromatic heterocycles. The highest BCUT2D eigenvalue weighted by atomic mass is 35.5. The van der Waals surface area contributed by atoms with Crippen molar-refractivity contribution < 1.29 is 9.72 Å². The lowest BCUT2D eigenvalue weighted by molar-refractivity contribution is -0.384. The summed E-state index contributed by atoms with van der Waals surface area (Å²) in [7, 11) is 0. The number of nitro benzene ring substituents is 1. The maximum absolute atomic E-state index is 10.7. The van der Waals surface area contributed by atoms with Crippen molar-refractivity contribution in [2.45, 2.75) is 19.8 Å². The van der Waals surface area contributed by atoms with Gasteiger partial charge in [0.2, 0.25) is 0 Å². The molecule has 0 fully saturated rings. The van der Waals surface area contributed by atoms with Gasteiger partial charge in [-0.15, -0.1) is 0 Å². The molecule has 0 radical (unpaired) electrons. The molecule has 4 nitrogen and oxygen atoms in total. The predicted octanol–water partition coefficient (Wildman–Crippen LogP) is 2.77. The molecule has 0 atom stereocenters. The number of aryl methyl sites for hydroxylation is 1. The number of rotatable bonds is 4. The highest BCUT2D eigenvalue weighted by molar-refractivity contribution is 6.32. The van der Waals surface area contributed by atoms with E-state index in [1.54, 1.807) is 6.07 Å². The van der Waals surface area contributed by atoms with Crippen LogP contribution in [0.5, 0.6) is 0 Å². The fourth-order valence-electron chi connectivity index (χ4n) is 1.17. The van der Waals surface area contributed by atoms with Gasteiger partial charge in [0, 0.05) is 12.5 Å². The molecule has 15 heavy (non-hydrogen) atoms. The molecule has 0 spiro atoms. The lowest BCUT2D eigenvalue weighted by Crippen LogP contribution is -1.96. The molecule has 0 aliphatic carbocycles. The van der Waals surface area contributed by atoms with Crippen molar-refractivity contribution in [1.82, 2.24) is 0 Å². The summed E-state index contributed by atoms with van der Waals surface area (Å²) in [6.45, 7) is 1.49. The van der Waals surface area contributed by atoms with Crippen molar-refractivity contribution in [2.75, 3.05) is 0 Å². The Hall–Kier alpha value is -1.42. The first-order valence-corrected chi connectivity index (χ1v) is 4.80. The first-order chi connectivity index (χ1) is 7.00. The highest BCUT2D eigenvalue weighted by Crippen LogP contribution is 2.25. The Kier molecular flexibility index (Phi) is 3.80. The molecular weight excluding hydrogens is 218 g/mol. The molecule has 0 bridgehead atoms. The number of carbonyl (C=O) groups is 1. The van der Waals surface area contributed by atoms with Gasteiger partial charge in [0.1, 0.15) is 10.8 Å². The van der Waals surface area contributed by atoms with Gasteiger partial charge < -0.3 is 4.79 Å². The summed E-state index contributed by atoms with van der Waals surface area (Å²) >= 11 is 5.65. The number of Topliss-reactive ketones (excluding diaryl/α,β-unsaturated/α-hetero) is 1. The summed E-state index contributed by atoms with van der Waals surface area (Å²) in [6, 6.07) is 4.58. The molecule has 5 heteroatoms. The van der Waals surface area contributed by atoms with Crippen LogP contribution in [0.15, 0.2) is 18.2 Å². The van der Waals surface area contributed by atoms with Crippen LogP contribution >= 0.6 is 11.6 Å². The molecule has 80 valence electrons. The average molecular weight is 228 g/mol. The number of nitrogens with zero attached hydrogens (tertiary/aromatic N) is 1. The standard InChI is InChI=1S/C10H10ClNO3/c1-7(13)2-3-8-4-5-9(11)10(6-8)12(14)15/h4-6H,2-3H2,1H3. The molecule has 0 unspecified atom stereocenters. The van der Waals surface area contributed by atoms with E-state index in [1.165, 1.54) is 19.1 Å². The van der Waals surface area contributed by atoms with Crippen molar-refractivity contribution in [3.63, 3.8) is 0 Å². The van der Waals surface area contributed by atoms with Gasteiger partial charge in [0.05, 0.1) is 4.92 Å². The smallest absolute Gasteiger partial charge is 0.288 e. The molecule has 1 aromatic carbocycles. The van der Waals surface area contributed by atoms with Crippen LogP contribution in [-0.4, -0.2) is 10.7 Å². The van der Waals surface area contributed by atoms with E-state index in [0.717, 1.165) is 5.56 Å². The normalized spacial score (nSPS) is 10.0. The van der Waals surface area contributed by atoms with E-state index in [0.29, 0.717) is 12.8 Å². The predicted molar refractivity (Wildman–Crippen MR) is 57.1 cm³/mol. The molecule has 1 aromatic rings. The highest BCUT2D eigenvalue weighted by Gasteiger charge is 2.12. The summed E-state index contributed by atoms with van der Waals surface area (Å²) in [4.78, 5) is 20.8. The van der Waals surface area contributed by atoms with Gasteiger partial charge in [-0.1, -0.05) is 17.7 Å². The van der Waals surface area contributed by atoms with E-state index >= 15 is 0 Å². The molecule has 1 rings (SSSR count). The minimum Gasteiger partial charge on any atom is -0.300 e. The third kappa shape index (κ3) is 3.32. The van der Waals surface area contributed by atoms with E-state index < -0.39 is 4.92 Å². The zero-order chi connectivity index (χ0) is 11.4. The van der Waals surface area contributed by atoms with Crippen molar-refractivity contribution in [3.8, 4) is 0 Å². The average Bonchev–Trinajstić information content (AvgIpc) is 2.16. The van der Waals surface area contributed by atoms with Crippen molar-refractivity contribution in [1.29, 1.82) is 0 Å². The quantitative estimate of drug-likeness (QED) is 0.587. The van der Waals surface area contributed by atoms with Crippen LogP contribution in [0.2, 0.25) is 5.02 Å². The van der Waals surface area contributed by atoms with Crippen LogP contribution < -0.4 is 0 Å². The number of hydrogen-bond acceptors (Lipinski definition) is 3. The van der Waals surface area contributed by atoms with Gasteiger partial charge >= 0.3 is 0 Å². The monoisotopic (exact) mass is 227 g/mol. The van der Waals surface area contributed by atoms with Gasteiger partial charge in [-0.3, -0.25) is 10.1 Å². The number of nitro groups is 1. The number of benzene rings is 1. The lowest BCUT2D eigenvalue weighted by Gasteiger charge is -2.00. The minimum absolute atomic E-state index is 0.0626. The summed E-state index contributed by atoms with van der Waals surface area (Å²) in [5, 5.41) is 10.7. The first kappa shape index (κ1) is 11.7. The zero-order valence-electron chi connectivity index (χ0n) is 8.20. The molecule has 0 heterocycles. The Bertz CT molecular complexity index is 404. The Labute approximate surface area is 92.0 Å². The molecule has 0 saturated heterocycles. The maximum atomic E-state index is 10.7. The number of ketones is 1. The third-order valence-electron chi connectivity index (χ3n) is 1.97. The molecule has 0 saturated carbocycles. The number of halogens is 1. The van der Waals surface area contributed by atoms with Crippen molar-refractivity contribution in [3.05, 3.63) is 38.9 Å².